The lowest BCUT2D eigenvalue weighted by Crippen LogP contribution is -2.53. The number of hydrogen-bond acceptors (Lipinski definition) is 5. The summed E-state index contributed by atoms with van der Waals surface area (Å²) in [5.41, 5.74) is 0.979. The highest BCUT2D eigenvalue weighted by Crippen LogP contribution is 2.27. The van der Waals surface area contributed by atoms with Crippen LogP contribution in [0, 0.1) is 6.92 Å². The van der Waals surface area contributed by atoms with E-state index >= 15 is 0 Å². The van der Waals surface area contributed by atoms with Crippen LogP contribution in [-0.4, -0.2) is 47.8 Å². The van der Waals surface area contributed by atoms with E-state index in [4.69, 9.17) is 9.47 Å². The normalized spacial score (nSPS) is 16.2. The summed E-state index contributed by atoms with van der Waals surface area (Å²) in [6.07, 6.45) is 0.823. The monoisotopic (exact) mass is 358 g/mol. The van der Waals surface area contributed by atoms with Gasteiger partial charge in [-0.25, -0.2) is 0 Å². The molecule has 1 aromatic carbocycles. The highest BCUT2D eigenvalue weighted by Gasteiger charge is 2.37. The number of amides is 1. The first-order valence-corrected chi connectivity index (χ1v) is 8.50. The van der Waals surface area contributed by atoms with Gasteiger partial charge in [-0.1, -0.05) is 0 Å². The molecule has 0 spiro atoms. The Kier molecular flexibility index (Phi) is 5.08. The lowest BCUT2D eigenvalue weighted by Gasteiger charge is -2.37. The molecule has 0 unspecified atom stereocenters. The van der Waals surface area contributed by atoms with E-state index in [1.54, 1.807) is 20.1 Å². The average molecular weight is 358 g/mol. The fraction of sp³-hybridized carbons (Fsp3) is 0.421. The van der Waals surface area contributed by atoms with E-state index in [0.29, 0.717) is 43.1 Å². The molecule has 1 fully saturated rings. The van der Waals surface area contributed by atoms with E-state index < -0.39 is 11.5 Å². The lowest BCUT2D eigenvalue weighted by atomic mass is 9.86. The van der Waals surface area contributed by atoms with Crippen molar-refractivity contribution in [2.45, 2.75) is 31.7 Å². The Balaban J connectivity index is 1.90. The first kappa shape index (κ1) is 18.1. The maximum atomic E-state index is 12.9. The van der Waals surface area contributed by atoms with Gasteiger partial charge in [0, 0.05) is 24.7 Å². The van der Waals surface area contributed by atoms with Gasteiger partial charge in [-0.2, -0.15) is 0 Å². The molecule has 1 aliphatic heterocycles. The van der Waals surface area contributed by atoms with Gasteiger partial charge in [0.15, 0.2) is 0 Å². The Morgan fingerprint density at radius 1 is 1.31 bits per heavy atom. The summed E-state index contributed by atoms with van der Waals surface area (Å²) < 4.78 is 10.5. The van der Waals surface area contributed by atoms with Crippen LogP contribution in [0.15, 0.2) is 24.3 Å². The highest BCUT2D eigenvalue weighted by molar-refractivity contribution is 5.99. The minimum absolute atomic E-state index is 0.126. The number of carboxylic acid groups (broad SMARTS) is 1. The Morgan fingerprint density at radius 3 is 2.69 bits per heavy atom. The zero-order chi connectivity index (χ0) is 18.7. The Morgan fingerprint density at radius 2 is 2.04 bits per heavy atom. The van der Waals surface area contributed by atoms with E-state index in [0.717, 1.165) is 10.9 Å². The van der Waals surface area contributed by atoms with E-state index in [-0.39, 0.29) is 12.3 Å². The molecule has 7 nitrogen and oxygen atoms in total. The van der Waals surface area contributed by atoms with Crippen LogP contribution in [0.1, 0.15) is 35.3 Å². The molecule has 138 valence electrons. The first-order valence-electron chi connectivity index (χ1n) is 8.50. The molecule has 2 N–H and O–H groups in total. The molecule has 26 heavy (non-hydrogen) atoms. The van der Waals surface area contributed by atoms with Crippen molar-refractivity contribution in [2.24, 2.45) is 0 Å². The predicted octanol–water partition coefficient (Wildman–Crippen LogP) is 2.31. The maximum Gasteiger partial charge on any atom is 0.305 e. The number of fused-ring (bicyclic) bond motifs is 1. The second-order valence-electron chi connectivity index (χ2n) is 6.60. The van der Waals surface area contributed by atoms with Gasteiger partial charge >= 0.3 is 5.97 Å². The van der Waals surface area contributed by atoms with Crippen molar-refractivity contribution in [3.8, 4) is 5.75 Å². The smallest absolute Gasteiger partial charge is 0.305 e. The molecule has 0 saturated carbocycles. The zero-order valence-electron chi connectivity index (χ0n) is 14.9. The number of carboxylic acids is 1. The van der Waals surface area contributed by atoms with Crippen molar-refractivity contribution >= 4 is 22.8 Å². The van der Waals surface area contributed by atoms with Gasteiger partial charge in [0.2, 0.25) is 0 Å². The fourth-order valence-corrected chi connectivity index (χ4v) is 3.31. The summed E-state index contributed by atoms with van der Waals surface area (Å²) in [6.45, 7) is 2.63. The van der Waals surface area contributed by atoms with Crippen LogP contribution in [0.25, 0.3) is 10.9 Å². The van der Waals surface area contributed by atoms with Crippen molar-refractivity contribution < 1.29 is 24.2 Å². The van der Waals surface area contributed by atoms with Crippen LogP contribution in [-0.2, 0) is 9.53 Å². The largest absolute Gasteiger partial charge is 0.497 e. The third-order valence-electron chi connectivity index (χ3n) is 4.78. The SMILES string of the molecule is COc1ccc2cc(C(=O)NC3(CC(=O)O)CCOCC3)c(C)nc2c1. The second-order valence-corrected chi connectivity index (χ2v) is 6.60. The maximum absolute atomic E-state index is 12.9. The topological polar surface area (TPSA) is 97.8 Å². The fourth-order valence-electron chi connectivity index (χ4n) is 3.31. The number of rotatable bonds is 5. The third-order valence-corrected chi connectivity index (χ3v) is 4.78. The Bertz CT molecular complexity index is 843. The standard InChI is InChI=1S/C19H22N2O5/c1-12-15(9-13-3-4-14(25-2)10-16(13)20-12)18(24)21-19(11-17(22)23)5-7-26-8-6-19/h3-4,9-10H,5-8,11H2,1-2H3,(H,21,24)(H,22,23). The number of nitrogens with one attached hydrogen (secondary N) is 1. The summed E-state index contributed by atoms with van der Waals surface area (Å²) in [4.78, 5) is 28.7. The second kappa shape index (κ2) is 7.29. The number of carbonyl (C=O) groups excluding carboxylic acids is 1. The number of benzene rings is 1. The highest BCUT2D eigenvalue weighted by atomic mass is 16.5. The van der Waals surface area contributed by atoms with E-state index in [9.17, 15) is 14.7 Å². The number of ether oxygens (including phenoxy) is 2. The molecule has 7 heteroatoms. The van der Waals surface area contributed by atoms with Crippen LogP contribution < -0.4 is 10.1 Å². The number of aromatic nitrogens is 1. The molecule has 2 aromatic rings. The Labute approximate surface area is 151 Å². The van der Waals surface area contributed by atoms with Crippen LogP contribution in [0.5, 0.6) is 5.75 Å². The number of methoxy groups -OCH3 is 1. The molecule has 1 aliphatic rings. The summed E-state index contributed by atoms with van der Waals surface area (Å²) >= 11 is 0. The van der Waals surface area contributed by atoms with Gasteiger partial charge in [0.25, 0.3) is 5.91 Å². The molecule has 1 saturated heterocycles. The molecule has 2 heterocycles. The molecule has 3 rings (SSSR count). The summed E-state index contributed by atoms with van der Waals surface area (Å²) in [5, 5.41) is 13.0. The van der Waals surface area contributed by atoms with Crippen LogP contribution >= 0.6 is 0 Å². The molecule has 0 bridgehead atoms. The van der Waals surface area contributed by atoms with Crippen LogP contribution in [0.2, 0.25) is 0 Å². The van der Waals surface area contributed by atoms with Crippen LogP contribution in [0.4, 0.5) is 0 Å². The first-order chi connectivity index (χ1) is 12.4. The number of aryl methyl sites for hydroxylation is 1. The number of pyridine rings is 1. The van der Waals surface area contributed by atoms with Gasteiger partial charge in [-0.05, 0) is 38.0 Å². The molecule has 0 atom stereocenters. The van der Waals surface area contributed by atoms with Crippen molar-refractivity contribution in [1.29, 1.82) is 0 Å². The predicted molar refractivity (Wildman–Crippen MR) is 95.5 cm³/mol. The van der Waals surface area contributed by atoms with Crippen molar-refractivity contribution in [1.82, 2.24) is 10.3 Å². The molecule has 1 aromatic heterocycles. The number of nitrogens with zero attached hydrogens (tertiary/aromatic N) is 1. The van der Waals surface area contributed by atoms with Gasteiger partial charge in [-0.3, -0.25) is 14.6 Å². The number of carbonyl (C=O) groups is 2. The van der Waals surface area contributed by atoms with Crippen molar-refractivity contribution in [2.75, 3.05) is 20.3 Å². The molecular weight excluding hydrogens is 336 g/mol. The van der Waals surface area contributed by atoms with Gasteiger partial charge in [-0.15, -0.1) is 0 Å². The van der Waals surface area contributed by atoms with Gasteiger partial charge in [0.1, 0.15) is 5.75 Å². The van der Waals surface area contributed by atoms with Crippen molar-refractivity contribution in [3.05, 3.63) is 35.5 Å². The molecular formula is C19H22N2O5. The van der Waals surface area contributed by atoms with E-state index in [2.05, 4.69) is 10.3 Å². The minimum atomic E-state index is -0.937. The summed E-state index contributed by atoms with van der Waals surface area (Å²) in [5.74, 6) is -0.548. The number of hydrogen-bond donors (Lipinski definition) is 2. The molecule has 1 amide bonds. The minimum Gasteiger partial charge on any atom is -0.497 e. The molecule has 0 aliphatic carbocycles. The zero-order valence-corrected chi connectivity index (χ0v) is 14.9. The third kappa shape index (κ3) is 3.77. The average Bonchev–Trinajstić information content (AvgIpc) is 2.60. The number of aliphatic carboxylic acids is 1. The van der Waals surface area contributed by atoms with E-state index in [1.165, 1.54) is 0 Å². The van der Waals surface area contributed by atoms with Crippen LogP contribution in [0.3, 0.4) is 0 Å². The van der Waals surface area contributed by atoms with Gasteiger partial charge < -0.3 is 19.9 Å². The van der Waals surface area contributed by atoms with Crippen molar-refractivity contribution in [3.63, 3.8) is 0 Å². The van der Waals surface area contributed by atoms with E-state index in [1.807, 2.05) is 18.2 Å². The lowest BCUT2D eigenvalue weighted by molar-refractivity contribution is -0.139. The molecule has 0 radical (unpaired) electrons. The quantitative estimate of drug-likeness (QED) is 0.851. The summed E-state index contributed by atoms with van der Waals surface area (Å²) in [6, 6.07) is 7.25. The van der Waals surface area contributed by atoms with Gasteiger partial charge in [0.05, 0.1) is 35.8 Å². The Hall–Kier alpha value is -2.67. The summed E-state index contributed by atoms with van der Waals surface area (Å²) in [7, 11) is 1.59.